The Hall–Kier alpha value is -2.97. The van der Waals surface area contributed by atoms with E-state index in [0.717, 1.165) is 11.1 Å². The zero-order valence-corrected chi connectivity index (χ0v) is 14.8. The monoisotopic (exact) mass is 347 g/mol. The van der Waals surface area contributed by atoms with Crippen LogP contribution in [0.25, 0.3) is 0 Å². The van der Waals surface area contributed by atoms with E-state index in [4.69, 9.17) is 5.26 Å². The molecular formula is C21H21N3O2. The van der Waals surface area contributed by atoms with Crippen LogP contribution in [-0.2, 0) is 0 Å². The third-order valence-corrected chi connectivity index (χ3v) is 4.64. The van der Waals surface area contributed by atoms with Crippen molar-refractivity contribution in [3.63, 3.8) is 0 Å². The van der Waals surface area contributed by atoms with E-state index in [1.807, 2.05) is 31.2 Å². The van der Waals surface area contributed by atoms with Gasteiger partial charge >= 0.3 is 0 Å². The second kappa shape index (κ2) is 7.94. The van der Waals surface area contributed by atoms with E-state index in [0.29, 0.717) is 43.9 Å². The summed E-state index contributed by atoms with van der Waals surface area (Å²) in [6.45, 7) is 4.86. The van der Waals surface area contributed by atoms with Gasteiger partial charge in [-0.2, -0.15) is 5.26 Å². The second-order valence-corrected chi connectivity index (χ2v) is 6.55. The molecule has 1 aliphatic rings. The molecule has 0 radical (unpaired) electrons. The molecule has 26 heavy (non-hydrogen) atoms. The molecule has 3 rings (SSSR count). The minimum atomic E-state index is -0.0633. The molecule has 0 aromatic heterocycles. The van der Waals surface area contributed by atoms with Crippen molar-refractivity contribution in [2.75, 3.05) is 32.7 Å². The number of benzene rings is 2. The minimum Gasteiger partial charge on any atom is -0.336 e. The van der Waals surface area contributed by atoms with E-state index in [1.54, 1.807) is 29.2 Å². The largest absolute Gasteiger partial charge is 0.336 e. The van der Waals surface area contributed by atoms with Gasteiger partial charge in [0.1, 0.15) is 0 Å². The van der Waals surface area contributed by atoms with Crippen LogP contribution in [0.15, 0.2) is 48.5 Å². The number of Topliss-reactive ketones (excluding diaryl/α,β-unsaturated/α-hetero) is 1. The number of ketones is 1. The van der Waals surface area contributed by atoms with Crippen molar-refractivity contribution in [2.45, 2.75) is 6.92 Å². The maximum atomic E-state index is 12.6. The number of aryl methyl sites for hydroxylation is 1. The maximum absolute atomic E-state index is 12.6. The molecule has 1 aliphatic heterocycles. The molecule has 5 nitrogen and oxygen atoms in total. The highest BCUT2D eigenvalue weighted by molar-refractivity contribution is 5.97. The number of amides is 1. The fraction of sp³-hybridized carbons (Fsp3) is 0.286. The highest BCUT2D eigenvalue weighted by Gasteiger charge is 2.23. The van der Waals surface area contributed by atoms with Crippen molar-refractivity contribution < 1.29 is 9.59 Å². The molecule has 2 aromatic carbocycles. The molecule has 1 saturated heterocycles. The van der Waals surface area contributed by atoms with E-state index in [2.05, 4.69) is 11.0 Å². The number of carbonyl (C=O) groups is 2. The molecular weight excluding hydrogens is 326 g/mol. The Morgan fingerprint density at radius 2 is 1.69 bits per heavy atom. The molecule has 0 aliphatic carbocycles. The number of carbonyl (C=O) groups excluding carboxylic acids is 2. The summed E-state index contributed by atoms with van der Waals surface area (Å²) in [6.07, 6.45) is 0. The fourth-order valence-electron chi connectivity index (χ4n) is 3.05. The Labute approximate surface area is 153 Å². The lowest BCUT2D eigenvalue weighted by atomic mass is 10.1. The first-order chi connectivity index (χ1) is 12.6. The van der Waals surface area contributed by atoms with Crippen LogP contribution in [0.4, 0.5) is 0 Å². The summed E-state index contributed by atoms with van der Waals surface area (Å²) in [5.41, 5.74) is 2.88. The predicted molar refractivity (Wildman–Crippen MR) is 99.0 cm³/mol. The summed E-state index contributed by atoms with van der Waals surface area (Å²) in [5.74, 6) is 0.0399. The van der Waals surface area contributed by atoms with Crippen molar-refractivity contribution in [2.24, 2.45) is 0 Å². The first-order valence-electron chi connectivity index (χ1n) is 8.68. The third kappa shape index (κ3) is 4.16. The second-order valence-electron chi connectivity index (χ2n) is 6.55. The lowest BCUT2D eigenvalue weighted by molar-refractivity contribution is 0.0624. The molecule has 0 spiro atoms. The lowest BCUT2D eigenvalue weighted by Crippen LogP contribution is -2.49. The van der Waals surface area contributed by atoms with Gasteiger partial charge in [-0.1, -0.05) is 35.9 Å². The topological polar surface area (TPSA) is 64.4 Å². The van der Waals surface area contributed by atoms with Crippen LogP contribution in [0.5, 0.6) is 0 Å². The van der Waals surface area contributed by atoms with Crippen LogP contribution in [0.3, 0.4) is 0 Å². The van der Waals surface area contributed by atoms with Crippen LogP contribution in [0, 0.1) is 18.3 Å². The third-order valence-electron chi connectivity index (χ3n) is 4.64. The molecule has 0 atom stereocenters. The van der Waals surface area contributed by atoms with Crippen LogP contribution >= 0.6 is 0 Å². The van der Waals surface area contributed by atoms with Gasteiger partial charge in [-0.05, 0) is 25.1 Å². The Kier molecular flexibility index (Phi) is 5.45. The predicted octanol–water partition coefficient (Wildman–Crippen LogP) is 2.51. The van der Waals surface area contributed by atoms with Gasteiger partial charge in [0.25, 0.3) is 5.91 Å². The molecule has 0 unspecified atom stereocenters. The zero-order chi connectivity index (χ0) is 18.5. The van der Waals surface area contributed by atoms with Gasteiger partial charge in [-0.3, -0.25) is 14.5 Å². The molecule has 2 aromatic rings. The van der Waals surface area contributed by atoms with Gasteiger partial charge < -0.3 is 4.90 Å². The Morgan fingerprint density at radius 1 is 1.00 bits per heavy atom. The quantitative estimate of drug-likeness (QED) is 0.797. The number of hydrogen-bond donors (Lipinski definition) is 0. The highest BCUT2D eigenvalue weighted by Crippen LogP contribution is 2.12. The minimum absolute atomic E-state index is 0.0633. The summed E-state index contributed by atoms with van der Waals surface area (Å²) in [4.78, 5) is 28.8. The molecule has 5 heteroatoms. The van der Waals surface area contributed by atoms with Crippen LogP contribution < -0.4 is 0 Å². The average Bonchev–Trinajstić information content (AvgIpc) is 2.68. The van der Waals surface area contributed by atoms with E-state index in [-0.39, 0.29) is 11.7 Å². The van der Waals surface area contributed by atoms with E-state index >= 15 is 0 Å². The first-order valence-corrected chi connectivity index (χ1v) is 8.68. The van der Waals surface area contributed by atoms with Gasteiger partial charge in [0, 0.05) is 37.3 Å². The number of nitrogens with zero attached hydrogens (tertiary/aromatic N) is 3. The molecule has 0 bridgehead atoms. The number of rotatable bonds is 4. The molecule has 0 saturated carbocycles. The molecule has 0 N–H and O–H groups in total. The van der Waals surface area contributed by atoms with Crippen molar-refractivity contribution in [1.82, 2.24) is 9.80 Å². The van der Waals surface area contributed by atoms with Crippen molar-refractivity contribution in [3.05, 3.63) is 70.8 Å². The Balaban J connectivity index is 1.55. The highest BCUT2D eigenvalue weighted by atomic mass is 16.2. The number of nitriles is 1. The van der Waals surface area contributed by atoms with Crippen LogP contribution in [0.1, 0.15) is 31.8 Å². The van der Waals surface area contributed by atoms with E-state index in [1.165, 1.54) is 0 Å². The van der Waals surface area contributed by atoms with Crippen molar-refractivity contribution in [3.8, 4) is 6.07 Å². The summed E-state index contributed by atoms with van der Waals surface area (Å²) < 4.78 is 0. The smallest absolute Gasteiger partial charge is 0.253 e. The summed E-state index contributed by atoms with van der Waals surface area (Å²) in [5, 5.41) is 8.97. The summed E-state index contributed by atoms with van der Waals surface area (Å²) in [7, 11) is 0. The number of piperazine rings is 1. The van der Waals surface area contributed by atoms with Crippen LogP contribution in [-0.4, -0.2) is 54.2 Å². The maximum Gasteiger partial charge on any atom is 0.253 e. The summed E-state index contributed by atoms with van der Waals surface area (Å²) >= 11 is 0. The van der Waals surface area contributed by atoms with Crippen LogP contribution in [0.2, 0.25) is 0 Å². The summed E-state index contributed by atoms with van der Waals surface area (Å²) in [6, 6.07) is 16.4. The standard InChI is InChI=1S/C21H21N3O2/c1-16-5-7-18(8-6-16)20(25)15-23-9-11-24(12-10-23)21(26)19-4-2-3-17(13-19)14-22/h2-8,13H,9-12,15H2,1H3. The van der Waals surface area contributed by atoms with Crippen molar-refractivity contribution >= 4 is 11.7 Å². The first kappa shape index (κ1) is 17.8. The number of hydrogen-bond acceptors (Lipinski definition) is 4. The van der Waals surface area contributed by atoms with Gasteiger partial charge in [0.2, 0.25) is 0 Å². The zero-order valence-electron chi connectivity index (χ0n) is 14.8. The van der Waals surface area contributed by atoms with E-state index < -0.39 is 0 Å². The molecule has 1 fully saturated rings. The van der Waals surface area contributed by atoms with Gasteiger partial charge in [0.15, 0.2) is 5.78 Å². The van der Waals surface area contributed by atoms with Gasteiger partial charge in [0.05, 0.1) is 18.2 Å². The Morgan fingerprint density at radius 3 is 2.35 bits per heavy atom. The molecule has 1 heterocycles. The normalized spacial score (nSPS) is 14.7. The van der Waals surface area contributed by atoms with Gasteiger partial charge in [-0.25, -0.2) is 0 Å². The fourth-order valence-corrected chi connectivity index (χ4v) is 3.05. The Bertz CT molecular complexity index is 844. The lowest BCUT2D eigenvalue weighted by Gasteiger charge is -2.34. The van der Waals surface area contributed by atoms with Crippen molar-refractivity contribution in [1.29, 1.82) is 5.26 Å². The molecule has 132 valence electrons. The van der Waals surface area contributed by atoms with Gasteiger partial charge in [-0.15, -0.1) is 0 Å². The average molecular weight is 347 g/mol. The SMILES string of the molecule is Cc1ccc(C(=O)CN2CCN(C(=O)c3cccc(C#N)c3)CC2)cc1. The van der Waals surface area contributed by atoms with E-state index in [9.17, 15) is 9.59 Å². The molecule has 1 amide bonds.